The van der Waals surface area contributed by atoms with E-state index in [1.165, 1.54) is 20.3 Å². The first-order chi connectivity index (χ1) is 11.9. The molecule has 0 aliphatic heterocycles. The summed E-state index contributed by atoms with van der Waals surface area (Å²) in [5.74, 6) is 0.373. The number of ether oxygens (including phenoxy) is 3. The maximum absolute atomic E-state index is 11.2. The van der Waals surface area contributed by atoms with E-state index in [2.05, 4.69) is 4.74 Å². The summed E-state index contributed by atoms with van der Waals surface area (Å²) in [5, 5.41) is 1.27. The van der Waals surface area contributed by atoms with Gasteiger partial charge in [0, 0.05) is 6.08 Å². The normalized spacial score (nSPS) is 10.8. The van der Waals surface area contributed by atoms with E-state index >= 15 is 0 Å². The zero-order valence-electron chi connectivity index (χ0n) is 13.5. The van der Waals surface area contributed by atoms with E-state index in [-0.39, 0.29) is 6.61 Å². The number of halogens is 3. The molecule has 7 heteroatoms. The molecule has 25 heavy (non-hydrogen) atoms. The summed E-state index contributed by atoms with van der Waals surface area (Å²) >= 11 is 18.2. The van der Waals surface area contributed by atoms with Crippen molar-refractivity contribution in [2.45, 2.75) is 6.61 Å². The van der Waals surface area contributed by atoms with Crippen LogP contribution in [0.5, 0.6) is 11.5 Å². The predicted octanol–water partition coefficient (Wildman–Crippen LogP) is 5.42. The number of esters is 1. The highest BCUT2D eigenvalue weighted by Gasteiger charge is 2.12. The molecule has 0 saturated heterocycles. The van der Waals surface area contributed by atoms with Gasteiger partial charge in [0.2, 0.25) is 0 Å². The van der Waals surface area contributed by atoms with Crippen molar-refractivity contribution in [2.24, 2.45) is 0 Å². The molecule has 0 heterocycles. The molecular formula is C18H15Cl3O4. The predicted molar refractivity (Wildman–Crippen MR) is 99.8 cm³/mol. The molecule has 0 aliphatic carbocycles. The number of rotatable bonds is 6. The van der Waals surface area contributed by atoms with Crippen molar-refractivity contribution < 1.29 is 19.0 Å². The van der Waals surface area contributed by atoms with E-state index in [1.54, 1.807) is 30.3 Å². The van der Waals surface area contributed by atoms with Gasteiger partial charge in [-0.3, -0.25) is 0 Å². The minimum absolute atomic E-state index is 0.240. The molecule has 132 valence electrons. The van der Waals surface area contributed by atoms with E-state index in [1.807, 2.05) is 6.07 Å². The van der Waals surface area contributed by atoms with Gasteiger partial charge in [0.25, 0.3) is 0 Å². The fourth-order valence-corrected chi connectivity index (χ4v) is 2.59. The second-order valence-electron chi connectivity index (χ2n) is 4.93. The summed E-state index contributed by atoms with van der Waals surface area (Å²) in [7, 11) is 2.81. The molecule has 0 amide bonds. The maximum Gasteiger partial charge on any atom is 0.330 e. The highest BCUT2D eigenvalue weighted by atomic mass is 35.5. The van der Waals surface area contributed by atoms with E-state index in [0.29, 0.717) is 32.1 Å². The minimum Gasteiger partial charge on any atom is -0.493 e. The van der Waals surface area contributed by atoms with E-state index in [0.717, 1.165) is 5.56 Å². The summed E-state index contributed by atoms with van der Waals surface area (Å²) in [6.07, 6.45) is 2.87. The molecule has 0 spiro atoms. The second kappa shape index (κ2) is 8.99. The summed E-state index contributed by atoms with van der Waals surface area (Å²) in [6, 6.07) is 8.59. The zero-order valence-corrected chi connectivity index (χ0v) is 15.8. The molecule has 0 aliphatic rings. The number of carbonyl (C=O) groups is 1. The van der Waals surface area contributed by atoms with Crippen molar-refractivity contribution in [1.82, 2.24) is 0 Å². The first-order valence-corrected chi connectivity index (χ1v) is 8.28. The Bertz CT molecular complexity index is 803. The van der Waals surface area contributed by atoms with Gasteiger partial charge in [0.15, 0.2) is 11.5 Å². The average molecular weight is 402 g/mol. The van der Waals surface area contributed by atoms with Crippen LogP contribution in [0, 0.1) is 0 Å². The zero-order chi connectivity index (χ0) is 18.4. The van der Waals surface area contributed by atoms with Crippen molar-refractivity contribution in [3.05, 3.63) is 62.6 Å². The second-order valence-corrected chi connectivity index (χ2v) is 6.15. The summed E-state index contributed by atoms with van der Waals surface area (Å²) in [4.78, 5) is 11.2. The molecule has 4 nitrogen and oxygen atoms in total. The van der Waals surface area contributed by atoms with Crippen LogP contribution in [0.25, 0.3) is 6.08 Å². The molecule has 2 rings (SSSR count). The van der Waals surface area contributed by atoms with Crippen molar-refractivity contribution in [3.63, 3.8) is 0 Å². The molecule has 0 N–H and O–H groups in total. The Morgan fingerprint density at radius 1 is 1.04 bits per heavy atom. The lowest BCUT2D eigenvalue weighted by Gasteiger charge is -2.13. The Hall–Kier alpha value is -1.88. The Labute approximate surface area is 160 Å². The fraction of sp³-hybridized carbons (Fsp3) is 0.167. The highest BCUT2D eigenvalue weighted by molar-refractivity contribution is 6.42. The first kappa shape index (κ1) is 19.4. The number of carbonyl (C=O) groups excluding carboxylic acids is 1. The van der Waals surface area contributed by atoms with Gasteiger partial charge in [-0.2, -0.15) is 0 Å². The molecule has 0 atom stereocenters. The molecule has 0 aromatic heterocycles. The standard InChI is InChI=1S/C18H15Cl3O4/c1-23-16-9-11(4-6-17(22)24-2)7-15(21)18(16)25-10-12-3-5-13(19)14(20)8-12/h3-9H,10H2,1-2H3/b6-4+. The van der Waals surface area contributed by atoms with Gasteiger partial charge in [0.05, 0.1) is 29.3 Å². The quantitative estimate of drug-likeness (QED) is 0.479. The third-order valence-electron chi connectivity index (χ3n) is 3.23. The SMILES string of the molecule is COC(=O)/C=C/c1cc(Cl)c(OCc2ccc(Cl)c(Cl)c2)c(OC)c1. The Kier molecular flexibility index (Phi) is 7.00. The largest absolute Gasteiger partial charge is 0.493 e. The summed E-state index contributed by atoms with van der Waals surface area (Å²) in [5.41, 5.74) is 1.51. The molecule has 0 saturated carbocycles. The number of hydrogen-bond donors (Lipinski definition) is 0. The Morgan fingerprint density at radius 2 is 1.80 bits per heavy atom. The van der Waals surface area contributed by atoms with Gasteiger partial charge in [-0.05, 0) is 41.5 Å². The lowest BCUT2D eigenvalue weighted by Crippen LogP contribution is -1.99. The van der Waals surface area contributed by atoms with Crippen LogP contribution >= 0.6 is 34.8 Å². The Balaban J connectivity index is 2.21. The monoisotopic (exact) mass is 400 g/mol. The molecule has 0 fully saturated rings. The third kappa shape index (κ3) is 5.30. The highest BCUT2D eigenvalue weighted by Crippen LogP contribution is 2.37. The number of hydrogen-bond acceptors (Lipinski definition) is 4. The smallest absolute Gasteiger partial charge is 0.330 e. The van der Waals surface area contributed by atoms with E-state index in [9.17, 15) is 4.79 Å². The van der Waals surface area contributed by atoms with Crippen LogP contribution in [0.3, 0.4) is 0 Å². The van der Waals surface area contributed by atoms with Gasteiger partial charge in [-0.1, -0.05) is 40.9 Å². The van der Waals surface area contributed by atoms with Crippen LogP contribution in [0.1, 0.15) is 11.1 Å². The minimum atomic E-state index is -0.463. The maximum atomic E-state index is 11.2. The summed E-state index contributed by atoms with van der Waals surface area (Å²) < 4.78 is 15.6. The van der Waals surface area contributed by atoms with E-state index < -0.39 is 5.97 Å². The Morgan fingerprint density at radius 3 is 2.44 bits per heavy atom. The fourth-order valence-electron chi connectivity index (χ4n) is 1.99. The van der Waals surface area contributed by atoms with Crippen molar-refractivity contribution in [2.75, 3.05) is 14.2 Å². The van der Waals surface area contributed by atoms with Gasteiger partial charge in [-0.25, -0.2) is 4.79 Å². The number of benzene rings is 2. The van der Waals surface area contributed by atoms with Crippen molar-refractivity contribution >= 4 is 46.8 Å². The lowest BCUT2D eigenvalue weighted by molar-refractivity contribution is -0.134. The number of methoxy groups -OCH3 is 2. The topological polar surface area (TPSA) is 44.8 Å². The van der Waals surface area contributed by atoms with Crippen LogP contribution in [-0.2, 0) is 16.1 Å². The molecule has 0 unspecified atom stereocenters. The van der Waals surface area contributed by atoms with Crippen LogP contribution in [0.15, 0.2) is 36.4 Å². The molecule has 2 aromatic carbocycles. The van der Waals surface area contributed by atoms with Crippen LogP contribution < -0.4 is 9.47 Å². The van der Waals surface area contributed by atoms with Crippen LogP contribution in [-0.4, -0.2) is 20.2 Å². The van der Waals surface area contributed by atoms with Gasteiger partial charge < -0.3 is 14.2 Å². The third-order valence-corrected chi connectivity index (χ3v) is 4.25. The first-order valence-electron chi connectivity index (χ1n) is 7.15. The van der Waals surface area contributed by atoms with Crippen molar-refractivity contribution in [3.8, 4) is 11.5 Å². The molecule has 0 radical (unpaired) electrons. The van der Waals surface area contributed by atoms with Gasteiger partial charge in [0.1, 0.15) is 6.61 Å². The molecule has 0 bridgehead atoms. The average Bonchev–Trinajstić information content (AvgIpc) is 2.61. The van der Waals surface area contributed by atoms with E-state index in [4.69, 9.17) is 44.3 Å². The van der Waals surface area contributed by atoms with Crippen molar-refractivity contribution in [1.29, 1.82) is 0 Å². The van der Waals surface area contributed by atoms with Gasteiger partial charge >= 0.3 is 5.97 Å². The van der Waals surface area contributed by atoms with Crippen LogP contribution in [0.4, 0.5) is 0 Å². The molecule has 2 aromatic rings. The lowest BCUT2D eigenvalue weighted by atomic mass is 10.2. The summed E-state index contributed by atoms with van der Waals surface area (Å²) in [6.45, 7) is 0.240. The van der Waals surface area contributed by atoms with Gasteiger partial charge in [-0.15, -0.1) is 0 Å². The molecular weight excluding hydrogens is 387 g/mol. The van der Waals surface area contributed by atoms with Crippen LogP contribution in [0.2, 0.25) is 15.1 Å².